The van der Waals surface area contributed by atoms with E-state index < -0.39 is 23.9 Å². The molecule has 0 aliphatic carbocycles. The lowest BCUT2D eigenvalue weighted by Gasteiger charge is -2.16. The van der Waals surface area contributed by atoms with Crippen LogP contribution in [0.5, 0.6) is 23.0 Å². The van der Waals surface area contributed by atoms with Gasteiger partial charge in [-0.3, -0.25) is 4.79 Å². The number of benzene rings is 3. The number of amides is 1. The third-order valence-corrected chi connectivity index (χ3v) is 6.44. The van der Waals surface area contributed by atoms with Crippen molar-refractivity contribution in [1.29, 1.82) is 0 Å². The molecule has 0 heterocycles. The summed E-state index contributed by atoms with van der Waals surface area (Å²) in [6, 6.07) is 16.7. The Bertz CT molecular complexity index is 1290. The minimum absolute atomic E-state index is 0.0155. The summed E-state index contributed by atoms with van der Waals surface area (Å²) in [5, 5.41) is 12.3. The number of esters is 1. The Morgan fingerprint density at radius 3 is 2.10 bits per heavy atom. The first kappa shape index (κ1) is 31.0. The minimum Gasteiger partial charge on any atom is -0.497 e. The molecule has 1 atom stereocenters. The van der Waals surface area contributed by atoms with Crippen molar-refractivity contribution in [1.82, 2.24) is 5.32 Å². The summed E-state index contributed by atoms with van der Waals surface area (Å²) < 4.78 is 21.6. The van der Waals surface area contributed by atoms with Crippen molar-refractivity contribution in [3.05, 3.63) is 83.4 Å². The zero-order chi connectivity index (χ0) is 29.6. The molecule has 218 valence electrons. The van der Waals surface area contributed by atoms with E-state index in [4.69, 9.17) is 18.9 Å². The van der Waals surface area contributed by atoms with Gasteiger partial charge in [0.25, 0.3) is 5.91 Å². The molecule has 3 aromatic carbocycles. The monoisotopic (exact) mass is 563 g/mol. The fourth-order valence-corrected chi connectivity index (χ4v) is 4.11. The number of carbonyl (C=O) groups excluding carboxylic acids is 2. The number of hydrogen-bond acceptors (Lipinski definition) is 7. The molecule has 0 aliphatic rings. The topological polar surface area (TPSA) is 120 Å². The minimum atomic E-state index is -1.20. The molecule has 3 aromatic rings. The molecule has 41 heavy (non-hydrogen) atoms. The Morgan fingerprint density at radius 2 is 1.46 bits per heavy atom. The van der Waals surface area contributed by atoms with Gasteiger partial charge in [0.05, 0.1) is 32.0 Å². The van der Waals surface area contributed by atoms with Crippen LogP contribution >= 0.6 is 0 Å². The highest BCUT2D eigenvalue weighted by Gasteiger charge is 2.23. The van der Waals surface area contributed by atoms with Crippen molar-refractivity contribution in [2.45, 2.75) is 51.5 Å². The Kier molecular flexibility index (Phi) is 12.0. The smallest absolute Gasteiger partial charge is 0.343 e. The van der Waals surface area contributed by atoms with Crippen LogP contribution in [0, 0.1) is 0 Å². The van der Waals surface area contributed by atoms with Gasteiger partial charge >= 0.3 is 11.9 Å². The second-order valence-electron chi connectivity index (χ2n) is 9.46. The first-order valence-corrected chi connectivity index (χ1v) is 13.6. The van der Waals surface area contributed by atoms with E-state index in [0.29, 0.717) is 40.7 Å². The highest BCUT2D eigenvalue weighted by atomic mass is 16.5. The highest BCUT2D eigenvalue weighted by Crippen LogP contribution is 2.24. The van der Waals surface area contributed by atoms with Crippen molar-refractivity contribution in [3.63, 3.8) is 0 Å². The molecule has 0 bridgehead atoms. The third kappa shape index (κ3) is 9.56. The van der Waals surface area contributed by atoms with Crippen LogP contribution in [0.25, 0.3) is 0 Å². The van der Waals surface area contributed by atoms with Gasteiger partial charge in [-0.15, -0.1) is 0 Å². The zero-order valence-electron chi connectivity index (χ0n) is 23.7. The zero-order valence-corrected chi connectivity index (χ0v) is 23.7. The van der Waals surface area contributed by atoms with Gasteiger partial charge < -0.3 is 29.4 Å². The normalized spacial score (nSPS) is 11.3. The summed E-state index contributed by atoms with van der Waals surface area (Å²) in [7, 11) is 2.88. The van der Waals surface area contributed by atoms with Crippen LogP contribution in [-0.2, 0) is 11.2 Å². The summed E-state index contributed by atoms with van der Waals surface area (Å²) >= 11 is 0. The molecule has 3 rings (SSSR count). The van der Waals surface area contributed by atoms with Crippen molar-refractivity contribution in [3.8, 4) is 23.0 Å². The number of methoxy groups -OCH3 is 2. The molecule has 2 N–H and O–H groups in total. The van der Waals surface area contributed by atoms with Gasteiger partial charge in [0.1, 0.15) is 29.0 Å². The number of aliphatic carboxylic acids is 1. The summed E-state index contributed by atoms with van der Waals surface area (Å²) in [5.74, 6) is -0.591. The average molecular weight is 564 g/mol. The van der Waals surface area contributed by atoms with E-state index in [1.54, 1.807) is 60.7 Å². The van der Waals surface area contributed by atoms with E-state index in [-0.39, 0.29) is 12.0 Å². The molecule has 0 fully saturated rings. The van der Waals surface area contributed by atoms with E-state index in [1.165, 1.54) is 39.5 Å². The molecular weight excluding hydrogens is 526 g/mol. The van der Waals surface area contributed by atoms with Crippen LogP contribution in [0.4, 0.5) is 0 Å². The Labute approximate surface area is 240 Å². The number of unbranched alkanes of at least 4 members (excludes halogenated alkanes) is 4. The van der Waals surface area contributed by atoms with Crippen LogP contribution in [0.3, 0.4) is 0 Å². The van der Waals surface area contributed by atoms with Gasteiger partial charge in [-0.25, -0.2) is 9.59 Å². The third-order valence-electron chi connectivity index (χ3n) is 6.44. The van der Waals surface area contributed by atoms with Gasteiger partial charge in [0.15, 0.2) is 0 Å². The Balaban J connectivity index is 1.54. The van der Waals surface area contributed by atoms with Crippen LogP contribution in [0.15, 0.2) is 66.7 Å². The van der Waals surface area contributed by atoms with E-state index in [2.05, 4.69) is 12.2 Å². The fraction of sp³-hybridized carbons (Fsp3) is 0.344. The predicted octanol–water partition coefficient (Wildman–Crippen LogP) is 5.70. The molecule has 1 amide bonds. The van der Waals surface area contributed by atoms with E-state index in [0.717, 1.165) is 12.8 Å². The van der Waals surface area contributed by atoms with E-state index >= 15 is 0 Å². The second kappa shape index (κ2) is 15.9. The van der Waals surface area contributed by atoms with Crippen molar-refractivity contribution in [2.24, 2.45) is 0 Å². The Morgan fingerprint density at radius 1 is 0.805 bits per heavy atom. The van der Waals surface area contributed by atoms with Gasteiger partial charge in [0, 0.05) is 6.42 Å². The first-order chi connectivity index (χ1) is 19.8. The molecule has 0 aromatic heterocycles. The first-order valence-electron chi connectivity index (χ1n) is 13.6. The predicted molar refractivity (Wildman–Crippen MR) is 154 cm³/mol. The maximum absolute atomic E-state index is 12.9. The number of carbonyl (C=O) groups is 3. The maximum Gasteiger partial charge on any atom is 0.343 e. The van der Waals surface area contributed by atoms with Crippen LogP contribution in [0.1, 0.15) is 65.3 Å². The number of rotatable bonds is 16. The van der Waals surface area contributed by atoms with Crippen molar-refractivity contribution in [2.75, 3.05) is 20.8 Å². The van der Waals surface area contributed by atoms with Crippen molar-refractivity contribution < 1.29 is 38.4 Å². The second-order valence-corrected chi connectivity index (χ2v) is 9.46. The van der Waals surface area contributed by atoms with Gasteiger partial charge in [-0.1, -0.05) is 44.7 Å². The highest BCUT2D eigenvalue weighted by molar-refractivity contribution is 5.99. The molecule has 0 saturated heterocycles. The number of nitrogens with one attached hydrogen (secondary N) is 1. The maximum atomic E-state index is 12.9. The summed E-state index contributed by atoms with van der Waals surface area (Å²) in [5.41, 5.74) is 1.17. The van der Waals surface area contributed by atoms with Crippen LogP contribution in [-0.4, -0.2) is 49.8 Å². The molecular formula is C32H37NO8. The van der Waals surface area contributed by atoms with Crippen molar-refractivity contribution >= 4 is 17.8 Å². The molecule has 0 spiro atoms. The molecule has 0 aliphatic heterocycles. The van der Waals surface area contributed by atoms with Gasteiger partial charge in [-0.05, 0) is 66.6 Å². The SMILES string of the molecule is CCCCCCCOc1ccc(C(=O)Oc2ccc(C[C@H](NC(=O)c3cc(OC)ccc3OC)C(=O)O)cc2)cc1. The number of hydrogen-bond donors (Lipinski definition) is 2. The van der Waals surface area contributed by atoms with E-state index in [1.807, 2.05) is 0 Å². The number of carboxylic acid groups (broad SMARTS) is 1. The quantitative estimate of drug-likeness (QED) is 0.129. The lowest BCUT2D eigenvalue weighted by Crippen LogP contribution is -2.42. The largest absolute Gasteiger partial charge is 0.497 e. The number of carboxylic acids is 1. The Hall–Kier alpha value is -4.53. The van der Waals surface area contributed by atoms with E-state index in [9.17, 15) is 19.5 Å². The molecule has 9 nitrogen and oxygen atoms in total. The molecule has 0 unspecified atom stereocenters. The lowest BCUT2D eigenvalue weighted by molar-refractivity contribution is -0.139. The summed E-state index contributed by atoms with van der Waals surface area (Å²) in [6.07, 6.45) is 5.80. The molecule has 0 radical (unpaired) electrons. The van der Waals surface area contributed by atoms with Gasteiger partial charge in [-0.2, -0.15) is 0 Å². The van der Waals surface area contributed by atoms with Gasteiger partial charge in [0.2, 0.25) is 0 Å². The number of ether oxygens (including phenoxy) is 4. The summed E-state index contributed by atoms with van der Waals surface area (Å²) in [4.78, 5) is 37.3. The fourth-order valence-electron chi connectivity index (χ4n) is 4.11. The lowest BCUT2D eigenvalue weighted by atomic mass is 10.0. The standard InChI is InChI=1S/C32H37NO8/c1-4-5-6-7-8-19-40-24-15-11-23(12-16-24)32(37)41-25-13-9-22(10-14-25)20-28(31(35)36)33-30(34)27-21-26(38-2)17-18-29(27)39-3/h9-18,21,28H,4-8,19-20H2,1-3H3,(H,33,34)(H,35,36)/t28-/m0/s1. The van der Waals surface area contributed by atoms with Crippen LogP contribution in [0.2, 0.25) is 0 Å². The van der Waals surface area contributed by atoms with Crippen LogP contribution < -0.4 is 24.3 Å². The average Bonchev–Trinajstić information content (AvgIpc) is 2.99. The molecule has 0 saturated carbocycles. The molecule has 9 heteroatoms. The summed E-state index contributed by atoms with van der Waals surface area (Å²) in [6.45, 7) is 2.82.